The molecule has 0 radical (unpaired) electrons. The van der Waals surface area contributed by atoms with Crippen LogP contribution in [0.3, 0.4) is 0 Å². The lowest BCUT2D eigenvalue weighted by atomic mass is 9.90. The van der Waals surface area contributed by atoms with Crippen molar-refractivity contribution in [2.75, 3.05) is 6.54 Å². The second-order valence-corrected chi connectivity index (χ2v) is 4.89. The van der Waals surface area contributed by atoms with Crippen molar-refractivity contribution in [1.82, 2.24) is 10.6 Å². The molecule has 0 saturated carbocycles. The molecule has 0 aromatic heterocycles. The predicted octanol–water partition coefficient (Wildman–Crippen LogP) is 0.853. The van der Waals surface area contributed by atoms with Crippen molar-refractivity contribution < 1.29 is 14.7 Å². The van der Waals surface area contributed by atoms with Gasteiger partial charge in [-0.25, -0.2) is 0 Å². The van der Waals surface area contributed by atoms with Gasteiger partial charge in [-0.15, -0.1) is 0 Å². The summed E-state index contributed by atoms with van der Waals surface area (Å²) >= 11 is 0. The number of aliphatic carboxylic acids is 1. The number of carbonyl (C=O) groups is 2. The van der Waals surface area contributed by atoms with E-state index in [-0.39, 0.29) is 24.3 Å². The van der Waals surface area contributed by atoms with Gasteiger partial charge in [0, 0.05) is 19.1 Å². The molecule has 0 aliphatic carbocycles. The lowest BCUT2D eigenvalue weighted by Gasteiger charge is -2.26. The second-order valence-electron chi connectivity index (χ2n) is 4.89. The summed E-state index contributed by atoms with van der Waals surface area (Å²) < 4.78 is 0. The number of hydrogen-bond acceptors (Lipinski definition) is 3. The SMILES string of the molecule is CC(CC(=O)O)NC(=O)C1CNCc2ccccc21. The Balaban J connectivity index is 2.06. The zero-order chi connectivity index (χ0) is 13.8. The molecule has 5 heteroatoms. The van der Waals surface area contributed by atoms with Crippen molar-refractivity contribution in [3.05, 3.63) is 35.4 Å². The highest BCUT2D eigenvalue weighted by molar-refractivity contribution is 5.85. The minimum atomic E-state index is -0.907. The topological polar surface area (TPSA) is 78.4 Å². The smallest absolute Gasteiger partial charge is 0.305 e. The molecule has 0 bridgehead atoms. The third kappa shape index (κ3) is 3.32. The van der Waals surface area contributed by atoms with Crippen molar-refractivity contribution in [3.8, 4) is 0 Å². The van der Waals surface area contributed by atoms with Gasteiger partial charge < -0.3 is 15.7 Å². The summed E-state index contributed by atoms with van der Waals surface area (Å²) in [5, 5.41) is 14.7. The molecule has 19 heavy (non-hydrogen) atoms. The highest BCUT2D eigenvalue weighted by Crippen LogP contribution is 2.23. The molecule has 5 nitrogen and oxygen atoms in total. The van der Waals surface area contributed by atoms with E-state index in [1.807, 2.05) is 24.3 Å². The number of hydrogen-bond donors (Lipinski definition) is 3. The quantitative estimate of drug-likeness (QED) is 0.752. The molecule has 102 valence electrons. The normalized spacial score (nSPS) is 19.3. The first kappa shape index (κ1) is 13.5. The maximum Gasteiger partial charge on any atom is 0.305 e. The fourth-order valence-corrected chi connectivity index (χ4v) is 2.39. The Kier molecular flexibility index (Phi) is 4.16. The Bertz CT molecular complexity index is 487. The first-order valence-corrected chi connectivity index (χ1v) is 6.38. The Labute approximate surface area is 112 Å². The minimum Gasteiger partial charge on any atom is -0.481 e. The van der Waals surface area contributed by atoms with Crippen LogP contribution in [0, 0.1) is 0 Å². The van der Waals surface area contributed by atoms with Crippen LogP contribution in [0.25, 0.3) is 0 Å². The van der Waals surface area contributed by atoms with Crippen LogP contribution in [0.4, 0.5) is 0 Å². The van der Waals surface area contributed by atoms with Crippen LogP contribution in [-0.4, -0.2) is 29.6 Å². The highest BCUT2D eigenvalue weighted by Gasteiger charge is 2.26. The van der Waals surface area contributed by atoms with E-state index in [0.29, 0.717) is 6.54 Å². The average Bonchev–Trinajstić information content (AvgIpc) is 2.36. The number of carboxylic acids is 1. The van der Waals surface area contributed by atoms with Crippen molar-refractivity contribution in [3.63, 3.8) is 0 Å². The van der Waals surface area contributed by atoms with Gasteiger partial charge in [0.05, 0.1) is 12.3 Å². The highest BCUT2D eigenvalue weighted by atomic mass is 16.4. The van der Waals surface area contributed by atoms with Crippen LogP contribution < -0.4 is 10.6 Å². The zero-order valence-electron chi connectivity index (χ0n) is 10.8. The van der Waals surface area contributed by atoms with Crippen LogP contribution >= 0.6 is 0 Å². The molecule has 0 saturated heterocycles. The summed E-state index contributed by atoms with van der Waals surface area (Å²) in [6.07, 6.45) is -0.0620. The largest absolute Gasteiger partial charge is 0.481 e. The van der Waals surface area contributed by atoms with Gasteiger partial charge >= 0.3 is 5.97 Å². The number of carbonyl (C=O) groups excluding carboxylic acids is 1. The van der Waals surface area contributed by atoms with Crippen molar-refractivity contribution in [2.45, 2.75) is 31.8 Å². The van der Waals surface area contributed by atoms with E-state index in [1.165, 1.54) is 0 Å². The molecular weight excluding hydrogens is 244 g/mol. The molecular formula is C14H18N2O3. The molecule has 2 atom stereocenters. The van der Waals surface area contributed by atoms with E-state index in [2.05, 4.69) is 10.6 Å². The minimum absolute atomic E-state index is 0.0620. The lowest BCUT2D eigenvalue weighted by Crippen LogP contribution is -2.42. The van der Waals surface area contributed by atoms with Crippen molar-refractivity contribution in [1.29, 1.82) is 0 Å². The number of fused-ring (bicyclic) bond motifs is 1. The number of amides is 1. The van der Waals surface area contributed by atoms with Crippen LogP contribution in [0.5, 0.6) is 0 Å². The van der Waals surface area contributed by atoms with Gasteiger partial charge in [-0.1, -0.05) is 24.3 Å². The second kappa shape index (κ2) is 5.84. The van der Waals surface area contributed by atoms with Gasteiger partial charge in [-0.3, -0.25) is 9.59 Å². The molecule has 1 aliphatic rings. The number of carboxylic acid groups (broad SMARTS) is 1. The van der Waals surface area contributed by atoms with Crippen molar-refractivity contribution >= 4 is 11.9 Å². The summed E-state index contributed by atoms with van der Waals surface area (Å²) in [5.74, 6) is -1.27. The molecule has 3 N–H and O–H groups in total. The van der Waals surface area contributed by atoms with E-state index in [0.717, 1.165) is 17.7 Å². The molecule has 1 aliphatic heterocycles. The van der Waals surface area contributed by atoms with Gasteiger partial charge in [0.25, 0.3) is 0 Å². The third-order valence-electron chi connectivity index (χ3n) is 3.28. The van der Waals surface area contributed by atoms with E-state index in [1.54, 1.807) is 6.92 Å². The Morgan fingerprint density at radius 3 is 2.95 bits per heavy atom. The Morgan fingerprint density at radius 1 is 1.47 bits per heavy atom. The van der Waals surface area contributed by atoms with Gasteiger partial charge in [0.1, 0.15) is 0 Å². The fraction of sp³-hybridized carbons (Fsp3) is 0.429. The molecule has 0 spiro atoms. The molecule has 1 amide bonds. The summed E-state index contributed by atoms with van der Waals surface area (Å²) in [6, 6.07) is 7.48. The summed E-state index contributed by atoms with van der Waals surface area (Å²) in [5.41, 5.74) is 2.15. The first-order valence-electron chi connectivity index (χ1n) is 6.38. The van der Waals surface area contributed by atoms with Gasteiger partial charge in [0.2, 0.25) is 5.91 Å². The van der Waals surface area contributed by atoms with E-state index < -0.39 is 5.97 Å². The lowest BCUT2D eigenvalue weighted by molar-refractivity contribution is -0.137. The molecule has 1 heterocycles. The Hall–Kier alpha value is -1.88. The predicted molar refractivity (Wildman–Crippen MR) is 70.7 cm³/mol. The van der Waals surface area contributed by atoms with E-state index in [9.17, 15) is 9.59 Å². The van der Waals surface area contributed by atoms with E-state index in [4.69, 9.17) is 5.11 Å². The third-order valence-corrected chi connectivity index (χ3v) is 3.28. The molecule has 2 rings (SSSR count). The number of rotatable bonds is 4. The summed E-state index contributed by atoms with van der Waals surface area (Å²) in [7, 11) is 0. The van der Waals surface area contributed by atoms with Crippen molar-refractivity contribution in [2.24, 2.45) is 0 Å². The number of nitrogens with one attached hydrogen (secondary N) is 2. The maximum absolute atomic E-state index is 12.2. The molecule has 2 unspecified atom stereocenters. The fourth-order valence-electron chi connectivity index (χ4n) is 2.39. The maximum atomic E-state index is 12.2. The van der Waals surface area contributed by atoms with Crippen LogP contribution in [0.1, 0.15) is 30.4 Å². The summed E-state index contributed by atoms with van der Waals surface area (Å²) in [4.78, 5) is 22.8. The standard InChI is InChI=1S/C14H18N2O3/c1-9(6-13(17)18)16-14(19)12-8-15-7-10-4-2-3-5-11(10)12/h2-5,9,12,15H,6-8H2,1H3,(H,16,19)(H,17,18). The van der Waals surface area contributed by atoms with Gasteiger partial charge in [0.15, 0.2) is 0 Å². The molecule has 1 aromatic rings. The van der Waals surface area contributed by atoms with Crippen LogP contribution in [-0.2, 0) is 16.1 Å². The monoisotopic (exact) mass is 262 g/mol. The molecule has 1 aromatic carbocycles. The van der Waals surface area contributed by atoms with Crippen LogP contribution in [0.15, 0.2) is 24.3 Å². The van der Waals surface area contributed by atoms with Gasteiger partial charge in [-0.2, -0.15) is 0 Å². The van der Waals surface area contributed by atoms with E-state index >= 15 is 0 Å². The zero-order valence-corrected chi connectivity index (χ0v) is 10.8. The molecule has 0 fully saturated rings. The number of benzene rings is 1. The van der Waals surface area contributed by atoms with Crippen LogP contribution in [0.2, 0.25) is 0 Å². The van der Waals surface area contributed by atoms with Gasteiger partial charge in [-0.05, 0) is 18.1 Å². The first-order chi connectivity index (χ1) is 9.08. The average molecular weight is 262 g/mol. The summed E-state index contributed by atoms with van der Waals surface area (Å²) in [6.45, 7) is 3.06. The Morgan fingerprint density at radius 2 is 2.21 bits per heavy atom.